The van der Waals surface area contributed by atoms with E-state index in [1.807, 2.05) is 0 Å². The summed E-state index contributed by atoms with van der Waals surface area (Å²) < 4.78 is 26.8. The van der Waals surface area contributed by atoms with Gasteiger partial charge in [-0.15, -0.1) is 4.37 Å². The number of rotatable bonds is 7. The van der Waals surface area contributed by atoms with Crippen molar-refractivity contribution >= 4 is 27.7 Å². The van der Waals surface area contributed by atoms with E-state index in [1.165, 1.54) is 18.3 Å². The van der Waals surface area contributed by atoms with Crippen LogP contribution in [-0.2, 0) is 6.54 Å². The number of aliphatic hydroxyl groups is 1. The van der Waals surface area contributed by atoms with Gasteiger partial charge in [0.05, 0.1) is 11.7 Å². The highest BCUT2D eigenvalue weighted by atomic mass is 79.9. The molecule has 1 atom stereocenters. The summed E-state index contributed by atoms with van der Waals surface area (Å²) in [6, 6.07) is 4.49. The Hall–Kier alpha value is -1.09. The summed E-state index contributed by atoms with van der Waals surface area (Å²) in [4.78, 5) is 0. The molecule has 8 heteroatoms. The van der Waals surface area contributed by atoms with Gasteiger partial charge >= 0.3 is 0 Å². The maximum atomic E-state index is 13.1. The Bertz CT molecular complexity index is 542. The first-order chi connectivity index (χ1) is 9.65. The normalized spacial score (nSPS) is 12.3. The summed E-state index contributed by atoms with van der Waals surface area (Å²) in [5.41, 5.74) is 0.793. The number of aromatic nitrogens is 2. The van der Waals surface area contributed by atoms with Crippen molar-refractivity contribution in [1.29, 1.82) is 0 Å². The molecule has 2 N–H and O–H groups in total. The van der Waals surface area contributed by atoms with Crippen molar-refractivity contribution in [1.82, 2.24) is 14.1 Å². The fraction of sp³-hybridized carbons (Fsp3) is 0.333. The molecule has 2 aromatic rings. The monoisotopic (exact) mass is 361 g/mol. The van der Waals surface area contributed by atoms with Crippen molar-refractivity contribution in [3.63, 3.8) is 0 Å². The standard InChI is InChI=1S/C12H13BrFN3O2S/c13-11-2-1-9(14)3-8(11)4-15-5-10(18)7-19-12-6-16-20-17-12/h1-3,6,10,15,18H,4-5,7H2. The SMILES string of the molecule is OC(CNCc1cc(F)ccc1Br)COc1cnsn1. The van der Waals surface area contributed by atoms with Gasteiger partial charge in [-0.05, 0) is 23.8 Å². The van der Waals surface area contributed by atoms with Crippen LogP contribution in [0.3, 0.4) is 0 Å². The molecule has 0 amide bonds. The molecule has 0 aliphatic rings. The first-order valence-electron chi connectivity index (χ1n) is 5.88. The van der Waals surface area contributed by atoms with Crippen molar-refractivity contribution in [3.05, 3.63) is 40.2 Å². The van der Waals surface area contributed by atoms with Gasteiger partial charge in [-0.2, -0.15) is 4.37 Å². The van der Waals surface area contributed by atoms with E-state index in [1.54, 1.807) is 6.07 Å². The van der Waals surface area contributed by atoms with Crippen LogP contribution in [0.1, 0.15) is 5.56 Å². The van der Waals surface area contributed by atoms with E-state index in [2.05, 4.69) is 30.0 Å². The molecule has 0 spiro atoms. The molecule has 0 aliphatic heterocycles. The van der Waals surface area contributed by atoms with Crippen LogP contribution in [0.15, 0.2) is 28.9 Å². The zero-order valence-corrected chi connectivity index (χ0v) is 12.8. The number of ether oxygens (including phenoxy) is 1. The predicted octanol–water partition coefficient (Wildman–Crippen LogP) is 1.97. The molecule has 0 aliphatic carbocycles. The third-order valence-electron chi connectivity index (χ3n) is 2.47. The molecule has 1 unspecified atom stereocenters. The second-order valence-electron chi connectivity index (χ2n) is 4.08. The minimum atomic E-state index is -0.677. The largest absolute Gasteiger partial charge is 0.473 e. The van der Waals surface area contributed by atoms with Crippen LogP contribution < -0.4 is 10.1 Å². The van der Waals surface area contributed by atoms with Gasteiger partial charge in [0, 0.05) is 17.6 Å². The molecule has 0 saturated heterocycles. The summed E-state index contributed by atoms with van der Waals surface area (Å²) in [6.45, 7) is 0.914. The van der Waals surface area contributed by atoms with E-state index in [0.717, 1.165) is 21.8 Å². The van der Waals surface area contributed by atoms with Gasteiger partial charge in [0.2, 0.25) is 5.88 Å². The smallest absolute Gasteiger partial charge is 0.245 e. The molecule has 0 saturated carbocycles. The number of hydrogen-bond acceptors (Lipinski definition) is 6. The summed E-state index contributed by atoms with van der Waals surface area (Å²) in [6.07, 6.45) is 0.818. The Morgan fingerprint density at radius 3 is 3.10 bits per heavy atom. The summed E-state index contributed by atoms with van der Waals surface area (Å²) >= 11 is 4.39. The lowest BCUT2D eigenvalue weighted by atomic mass is 10.2. The quantitative estimate of drug-likeness (QED) is 0.789. The van der Waals surface area contributed by atoms with Crippen LogP contribution in [0.4, 0.5) is 4.39 Å². The van der Waals surface area contributed by atoms with Crippen LogP contribution in [0, 0.1) is 5.82 Å². The van der Waals surface area contributed by atoms with Crippen molar-refractivity contribution in [3.8, 4) is 5.88 Å². The highest BCUT2D eigenvalue weighted by Gasteiger charge is 2.07. The Labute approximate surface area is 128 Å². The van der Waals surface area contributed by atoms with Gasteiger partial charge < -0.3 is 15.2 Å². The van der Waals surface area contributed by atoms with Gasteiger partial charge in [-0.1, -0.05) is 15.9 Å². The van der Waals surface area contributed by atoms with E-state index in [0.29, 0.717) is 19.0 Å². The molecule has 0 radical (unpaired) electrons. The lowest BCUT2D eigenvalue weighted by Gasteiger charge is -2.12. The van der Waals surface area contributed by atoms with Crippen LogP contribution in [0.2, 0.25) is 0 Å². The molecule has 20 heavy (non-hydrogen) atoms. The maximum Gasteiger partial charge on any atom is 0.245 e. The topological polar surface area (TPSA) is 67.3 Å². The zero-order chi connectivity index (χ0) is 14.4. The average molecular weight is 362 g/mol. The molecule has 2 rings (SSSR count). The Balaban J connectivity index is 1.71. The van der Waals surface area contributed by atoms with Gasteiger partial charge in [0.1, 0.15) is 24.7 Å². The highest BCUT2D eigenvalue weighted by Crippen LogP contribution is 2.17. The van der Waals surface area contributed by atoms with Gasteiger partial charge in [-0.25, -0.2) is 4.39 Å². The molecule has 108 valence electrons. The number of halogens is 2. The minimum absolute atomic E-state index is 0.128. The first kappa shape index (κ1) is 15.3. The summed E-state index contributed by atoms with van der Waals surface area (Å²) in [5, 5.41) is 12.8. The van der Waals surface area contributed by atoms with E-state index < -0.39 is 6.10 Å². The second-order valence-corrected chi connectivity index (χ2v) is 5.49. The van der Waals surface area contributed by atoms with E-state index in [-0.39, 0.29) is 12.4 Å². The molecular weight excluding hydrogens is 349 g/mol. The first-order valence-corrected chi connectivity index (χ1v) is 7.40. The van der Waals surface area contributed by atoms with Gasteiger partial charge in [0.15, 0.2) is 0 Å². The lowest BCUT2D eigenvalue weighted by Crippen LogP contribution is -2.31. The number of benzene rings is 1. The van der Waals surface area contributed by atoms with E-state index in [4.69, 9.17) is 4.74 Å². The third kappa shape index (κ3) is 4.78. The average Bonchev–Trinajstić information content (AvgIpc) is 2.93. The van der Waals surface area contributed by atoms with Crippen molar-refractivity contribution in [2.75, 3.05) is 13.2 Å². The van der Waals surface area contributed by atoms with Crippen LogP contribution in [0.5, 0.6) is 5.88 Å². The molecule has 1 aromatic carbocycles. The lowest BCUT2D eigenvalue weighted by molar-refractivity contribution is 0.104. The Morgan fingerprint density at radius 1 is 1.50 bits per heavy atom. The fourth-order valence-electron chi connectivity index (χ4n) is 1.51. The van der Waals surface area contributed by atoms with E-state index in [9.17, 15) is 9.50 Å². The maximum absolute atomic E-state index is 13.1. The van der Waals surface area contributed by atoms with Crippen LogP contribution in [0.25, 0.3) is 0 Å². The van der Waals surface area contributed by atoms with Gasteiger partial charge in [-0.3, -0.25) is 0 Å². The zero-order valence-electron chi connectivity index (χ0n) is 10.4. The Morgan fingerprint density at radius 2 is 2.35 bits per heavy atom. The van der Waals surface area contributed by atoms with Gasteiger partial charge in [0.25, 0.3) is 0 Å². The van der Waals surface area contributed by atoms with Crippen molar-refractivity contribution < 1.29 is 14.2 Å². The molecule has 5 nitrogen and oxygen atoms in total. The number of hydrogen-bond donors (Lipinski definition) is 2. The molecule has 0 bridgehead atoms. The molecule has 0 fully saturated rings. The second kappa shape index (κ2) is 7.63. The third-order valence-corrected chi connectivity index (χ3v) is 3.70. The Kier molecular flexibility index (Phi) is 5.84. The van der Waals surface area contributed by atoms with Crippen molar-refractivity contribution in [2.24, 2.45) is 0 Å². The highest BCUT2D eigenvalue weighted by molar-refractivity contribution is 9.10. The summed E-state index contributed by atoms with van der Waals surface area (Å²) in [5.74, 6) is 0.117. The minimum Gasteiger partial charge on any atom is -0.473 e. The predicted molar refractivity (Wildman–Crippen MR) is 77.2 cm³/mol. The van der Waals surface area contributed by atoms with Crippen LogP contribution in [-0.4, -0.2) is 33.1 Å². The molecule has 1 heterocycles. The molecule has 1 aromatic heterocycles. The molecular formula is C12H13BrFN3O2S. The fourth-order valence-corrected chi connectivity index (χ4v) is 2.26. The van der Waals surface area contributed by atoms with E-state index >= 15 is 0 Å². The summed E-state index contributed by atoms with van der Waals surface area (Å²) in [7, 11) is 0. The number of nitrogens with zero attached hydrogens (tertiary/aromatic N) is 2. The number of aliphatic hydroxyl groups excluding tert-OH is 1. The van der Waals surface area contributed by atoms with Crippen LogP contribution >= 0.6 is 27.7 Å². The number of nitrogens with one attached hydrogen (secondary N) is 1. The van der Waals surface area contributed by atoms with Crippen molar-refractivity contribution in [2.45, 2.75) is 12.6 Å².